The van der Waals surface area contributed by atoms with Gasteiger partial charge in [-0.1, -0.05) is 29.4 Å². The first-order chi connectivity index (χ1) is 13.3. The Kier molecular flexibility index (Phi) is 4.50. The lowest BCUT2D eigenvalue weighted by atomic mass is 9.83. The van der Waals surface area contributed by atoms with Gasteiger partial charge in [0.1, 0.15) is 11.3 Å². The third-order valence-electron chi connectivity index (χ3n) is 5.85. The summed E-state index contributed by atoms with van der Waals surface area (Å²) in [6.07, 6.45) is 0.711. The molecule has 1 fully saturated rings. The summed E-state index contributed by atoms with van der Waals surface area (Å²) in [7, 11) is 3.48. The van der Waals surface area contributed by atoms with Crippen molar-refractivity contribution in [1.82, 2.24) is 15.0 Å². The van der Waals surface area contributed by atoms with E-state index in [1.165, 1.54) is 0 Å². The van der Waals surface area contributed by atoms with Gasteiger partial charge in [-0.05, 0) is 37.8 Å². The van der Waals surface area contributed by atoms with Crippen LogP contribution >= 0.6 is 0 Å². The van der Waals surface area contributed by atoms with E-state index in [-0.39, 0.29) is 11.8 Å². The average Bonchev–Trinajstić information content (AvgIpc) is 3.19. The van der Waals surface area contributed by atoms with E-state index >= 15 is 0 Å². The molecular weight excluding hydrogens is 358 g/mol. The van der Waals surface area contributed by atoms with E-state index in [1.807, 2.05) is 29.2 Å². The molecule has 2 aromatic rings. The molecule has 1 aromatic heterocycles. The van der Waals surface area contributed by atoms with Gasteiger partial charge in [-0.3, -0.25) is 9.59 Å². The van der Waals surface area contributed by atoms with Crippen LogP contribution in [0, 0.1) is 13.8 Å². The first-order valence-corrected chi connectivity index (χ1v) is 9.54. The van der Waals surface area contributed by atoms with Crippen molar-refractivity contribution in [1.29, 1.82) is 0 Å². The van der Waals surface area contributed by atoms with Gasteiger partial charge in [0.2, 0.25) is 0 Å². The number of aryl methyl sites for hydroxylation is 2. The Morgan fingerprint density at radius 3 is 2.46 bits per heavy atom. The van der Waals surface area contributed by atoms with Crippen LogP contribution in [0.3, 0.4) is 0 Å². The molecule has 7 nitrogen and oxygen atoms in total. The van der Waals surface area contributed by atoms with Gasteiger partial charge in [-0.25, -0.2) is 0 Å². The predicted molar refractivity (Wildman–Crippen MR) is 102 cm³/mol. The van der Waals surface area contributed by atoms with Crippen LogP contribution in [0.25, 0.3) is 0 Å². The molecule has 3 heterocycles. The molecule has 1 atom stereocenters. The molecular formula is C21H25N3O4. The quantitative estimate of drug-likeness (QED) is 0.797. The van der Waals surface area contributed by atoms with E-state index in [2.05, 4.69) is 5.16 Å². The monoisotopic (exact) mass is 383 g/mol. The second-order valence-corrected chi connectivity index (χ2v) is 7.80. The number of likely N-dealkylation sites (tertiary alicyclic amines) is 1. The fourth-order valence-electron chi connectivity index (χ4n) is 4.32. The second kappa shape index (κ2) is 6.74. The summed E-state index contributed by atoms with van der Waals surface area (Å²) >= 11 is 0. The van der Waals surface area contributed by atoms with Gasteiger partial charge in [0.05, 0.1) is 11.3 Å². The number of rotatable bonds is 2. The number of aromatic nitrogens is 1. The van der Waals surface area contributed by atoms with Crippen LogP contribution in [0.2, 0.25) is 0 Å². The van der Waals surface area contributed by atoms with Crippen molar-refractivity contribution in [3.63, 3.8) is 0 Å². The molecule has 148 valence electrons. The van der Waals surface area contributed by atoms with Crippen LogP contribution in [-0.2, 0) is 15.1 Å². The Hall–Kier alpha value is -2.67. The lowest BCUT2D eigenvalue weighted by Gasteiger charge is -2.39. The maximum atomic E-state index is 12.9. The lowest BCUT2D eigenvalue weighted by molar-refractivity contribution is -0.157. The molecule has 0 aliphatic carbocycles. The van der Waals surface area contributed by atoms with Crippen molar-refractivity contribution in [2.75, 3.05) is 27.2 Å². The van der Waals surface area contributed by atoms with E-state index < -0.39 is 11.7 Å². The molecule has 1 saturated heterocycles. The van der Waals surface area contributed by atoms with Gasteiger partial charge in [-0.2, -0.15) is 0 Å². The highest BCUT2D eigenvalue weighted by atomic mass is 16.5. The summed E-state index contributed by atoms with van der Waals surface area (Å²) in [6, 6.07) is 7.93. The van der Waals surface area contributed by atoms with E-state index in [9.17, 15) is 9.59 Å². The molecule has 1 aromatic carbocycles. The maximum absolute atomic E-state index is 12.9. The molecule has 0 unspecified atom stereocenters. The Balaban J connectivity index is 1.57. The van der Waals surface area contributed by atoms with Gasteiger partial charge in [0.15, 0.2) is 6.10 Å². The van der Waals surface area contributed by atoms with Gasteiger partial charge in [-0.15, -0.1) is 0 Å². The number of nitrogens with zero attached hydrogens (tertiary/aromatic N) is 3. The van der Waals surface area contributed by atoms with Crippen LogP contribution in [0.1, 0.15) is 51.9 Å². The first-order valence-electron chi connectivity index (χ1n) is 9.54. The SMILES string of the molecule is Cc1noc(C)c1C(=O)N1CCC2(CC1)O[C@H](C(=O)N(C)C)c1ccccc12. The summed E-state index contributed by atoms with van der Waals surface area (Å²) < 4.78 is 11.5. The standard InChI is InChI=1S/C21H25N3O4/c1-13-17(14(2)28-22-13)19(25)24-11-9-21(10-12-24)16-8-6-5-7-15(16)18(27-21)20(26)23(3)4/h5-8,18H,9-12H2,1-4H3/t18-/m0/s1. The summed E-state index contributed by atoms with van der Waals surface area (Å²) in [5.41, 5.74) is 2.64. The first kappa shape index (κ1) is 18.7. The zero-order valence-corrected chi connectivity index (χ0v) is 16.7. The molecule has 1 spiro atoms. The summed E-state index contributed by atoms with van der Waals surface area (Å²) in [4.78, 5) is 29.0. The fourth-order valence-corrected chi connectivity index (χ4v) is 4.32. The van der Waals surface area contributed by atoms with Crippen molar-refractivity contribution < 1.29 is 18.8 Å². The third kappa shape index (κ3) is 2.81. The number of piperidine rings is 1. The number of hydrogen-bond donors (Lipinski definition) is 0. The summed E-state index contributed by atoms with van der Waals surface area (Å²) in [6.45, 7) is 4.65. The van der Waals surface area contributed by atoms with Gasteiger partial charge in [0.25, 0.3) is 11.8 Å². The molecule has 0 saturated carbocycles. The number of benzene rings is 1. The van der Waals surface area contributed by atoms with Gasteiger partial charge in [0, 0.05) is 27.2 Å². The minimum atomic E-state index is -0.587. The number of likely N-dealkylation sites (N-methyl/N-ethyl adjacent to an activating group) is 1. The zero-order valence-electron chi connectivity index (χ0n) is 16.7. The van der Waals surface area contributed by atoms with Crippen LogP contribution < -0.4 is 0 Å². The van der Waals surface area contributed by atoms with Crippen molar-refractivity contribution in [3.05, 3.63) is 52.4 Å². The molecule has 0 radical (unpaired) electrons. The zero-order chi connectivity index (χ0) is 20.1. The number of carbonyl (C=O) groups excluding carboxylic acids is 2. The van der Waals surface area contributed by atoms with Gasteiger partial charge >= 0.3 is 0 Å². The molecule has 28 heavy (non-hydrogen) atoms. The number of amides is 2. The number of fused-ring (bicyclic) bond motifs is 2. The molecule has 7 heteroatoms. The predicted octanol–water partition coefficient (Wildman–Crippen LogP) is 2.58. The van der Waals surface area contributed by atoms with Gasteiger partial charge < -0.3 is 19.1 Å². The smallest absolute Gasteiger partial charge is 0.259 e. The highest BCUT2D eigenvalue weighted by Crippen LogP contribution is 2.49. The van der Waals surface area contributed by atoms with E-state index in [0.717, 1.165) is 11.1 Å². The highest BCUT2D eigenvalue weighted by molar-refractivity contribution is 5.96. The number of ether oxygens (including phenoxy) is 1. The Labute approximate surface area is 164 Å². The molecule has 0 N–H and O–H groups in total. The van der Waals surface area contributed by atoms with Crippen molar-refractivity contribution in [3.8, 4) is 0 Å². The van der Waals surface area contributed by atoms with E-state index in [4.69, 9.17) is 9.26 Å². The number of hydrogen-bond acceptors (Lipinski definition) is 5. The van der Waals surface area contributed by atoms with Crippen molar-refractivity contribution in [2.24, 2.45) is 0 Å². The minimum absolute atomic E-state index is 0.0569. The van der Waals surface area contributed by atoms with E-state index in [0.29, 0.717) is 42.9 Å². The topological polar surface area (TPSA) is 75.9 Å². The van der Waals surface area contributed by atoms with E-state index in [1.54, 1.807) is 32.8 Å². The summed E-state index contributed by atoms with van der Waals surface area (Å²) in [5.74, 6) is 0.429. The van der Waals surface area contributed by atoms with Crippen molar-refractivity contribution in [2.45, 2.75) is 38.4 Å². The normalized spacial score (nSPS) is 20.3. The van der Waals surface area contributed by atoms with Crippen LogP contribution in [-0.4, -0.2) is 54.0 Å². The Morgan fingerprint density at radius 1 is 1.18 bits per heavy atom. The Bertz CT molecular complexity index is 906. The van der Waals surface area contributed by atoms with Crippen LogP contribution in [0.5, 0.6) is 0 Å². The second-order valence-electron chi connectivity index (χ2n) is 7.80. The molecule has 0 bridgehead atoms. The summed E-state index contributed by atoms with van der Waals surface area (Å²) in [5, 5.41) is 3.89. The minimum Gasteiger partial charge on any atom is -0.361 e. The molecule has 4 rings (SSSR count). The molecule has 2 aliphatic heterocycles. The molecule has 2 aliphatic rings. The Morgan fingerprint density at radius 2 is 1.86 bits per heavy atom. The van der Waals surface area contributed by atoms with Crippen molar-refractivity contribution >= 4 is 11.8 Å². The fraction of sp³-hybridized carbons (Fsp3) is 0.476. The average molecular weight is 383 g/mol. The van der Waals surface area contributed by atoms with Crippen LogP contribution in [0.15, 0.2) is 28.8 Å². The largest absolute Gasteiger partial charge is 0.361 e. The highest BCUT2D eigenvalue weighted by Gasteiger charge is 2.49. The molecule has 2 amide bonds. The third-order valence-corrected chi connectivity index (χ3v) is 5.85. The lowest BCUT2D eigenvalue weighted by Crippen LogP contribution is -2.45. The number of carbonyl (C=O) groups is 2. The van der Waals surface area contributed by atoms with Crippen LogP contribution in [0.4, 0.5) is 0 Å². The maximum Gasteiger partial charge on any atom is 0.259 e.